The molecular weight excluding hydrogens is 250 g/mol. The number of hydrogen-bond acceptors (Lipinski definition) is 4. The van der Waals surface area contributed by atoms with Crippen LogP contribution in [0.15, 0.2) is 22.8 Å². The summed E-state index contributed by atoms with van der Waals surface area (Å²) in [6.07, 6.45) is 2.34. The van der Waals surface area contributed by atoms with Crippen LogP contribution in [0.2, 0.25) is 0 Å². The molecule has 0 fully saturated rings. The molecule has 1 atom stereocenters. The molecule has 1 N–H and O–H groups in total. The van der Waals surface area contributed by atoms with E-state index in [4.69, 9.17) is 4.42 Å². The summed E-state index contributed by atoms with van der Waals surface area (Å²) in [5.41, 5.74) is 0. The first kappa shape index (κ1) is 15.2. The van der Waals surface area contributed by atoms with E-state index in [0.29, 0.717) is 19.0 Å². The lowest BCUT2D eigenvalue weighted by Crippen LogP contribution is -2.32. The second kappa shape index (κ2) is 6.95. The number of furan rings is 1. The Morgan fingerprint density at radius 2 is 2.06 bits per heavy atom. The highest BCUT2D eigenvalue weighted by Crippen LogP contribution is 2.08. The van der Waals surface area contributed by atoms with Crippen LogP contribution in [0.1, 0.15) is 33.0 Å². The minimum Gasteiger partial charge on any atom is -0.468 e. The molecule has 1 aromatic heterocycles. The van der Waals surface area contributed by atoms with Crippen molar-refractivity contribution < 1.29 is 12.8 Å². The molecule has 0 aliphatic heterocycles. The molecule has 0 saturated carbocycles. The number of sulfone groups is 1. The van der Waals surface area contributed by atoms with E-state index >= 15 is 0 Å². The summed E-state index contributed by atoms with van der Waals surface area (Å²) in [6.45, 7) is 6.85. The third-order valence-electron chi connectivity index (χ3n) is 2.90. The Balaban J connectivity index is 2.32. The van der Waals surface area contributed by atoms with E-state index in [2.05, 4.69) is 5.32 Å². The topological polar surface area (TPSA) is 59.3 Å². The average molecular weight is 273 g/mol. The van der Waals surface area contributed by atoms with Crippen LogP contribution in [0.4, 0.5) is 0 Å². The lowest BCUT2D eigenvalue weighted by atomic mass is 10.2. The van der Waals surface area contributed by atoms with Gasteiger partial charge < -0.3 is 9.73 Å². The number of nitrogens with one attached hydrogen (secondary N) is 1. The predicted molar refractivity (Wildman–Crippen MR) is 73.1 cm³/mol. The molecule has 0 saturated heterocycles. The van der Waals surface area contributed by atoms with Gasteiger partial charge in [0.05, 0.1) is 23.8 Å². The van der Waals surface area contributed by atoms with Crippen molar-refractivity contribution in [3.8, 4) is 0 Å². The standard InChI is InChI=1S/C13H23NO3S/c1-11(2)6-8-18(15,16)12(3)9-14-10-13-5-4-7-17-13/h4-5,7,11-12,14H,6,8-10H2,1-3H3. The summed E-state index contributed by atoms with van der Waals surface area (Å²) < 4.78 is 29.1. The van der Waals surface area contributed by atoms with Crippen LogP contribution in [0.25, 0.3) is 0 Å². The van der Waals surface area contributed by atoms with Gasteiger partial charge in [-0.3, -0.25) is 0 Å². The first-order chi connectivity index (χ1) is 8.42. The van der Waals surface area contributed by atoms with Gasteiger partial charge in [-0.1, -0.05) is 13.8 Å². The normalized spacial score (nSPS) is 14.0. The van der Waals surface area contributed by atoms with E-state index in [-0.39, 0.29) is 11.0 Å². The SMILES string of the molecule is CC(C)CCS(=O)(=O)C(C)CNCc1ccco1. The Morgan fingerprint density at radius 1 is 1.33 bits per heavy atom. The summed E-state index contributed by atoms with van der Waals surface area (Å²) in [5.74, 6) is 1.51. The largest absolute Gasteiger partial charge is 0.468 e. The molecule has 0 aliphatic rings. The minimum atomic E-state index is -2.99. The van der Waals surface area contributed by atoms with Crippen molar-refractivity contribution in [3.05, 3.63) is 24.2 Å². The van der Waals surface area contributed by atoms with E-state index in [0.717, 1.165) is 12.2 Å². The molecule has 4 nitrogen and oxygen atoms in total. The summed E-state index contributed by atoms with van der Waals surface area (Å²) in [6, 6.07) is 3.69. The lowest BCUT2D eigenvalue weighted by molar-refractivity contribution is 0.481. The van der Waals surface area contributed by atoms with Crippen LogP contribution >= 0.6 is 0 Å². The van der Waals surface area contributed by atoms with E-state index in [9.17, 15) is 8.42 Å². The van der Waals surface area contributed by atoms with Crippen molar-refractivity contribution in [1.29, 1.82) is 0 Å². The van der Waals surface area contributed by atoms with Crippen LogP contribution in [-0.4, -0.2) is 26.0 Å². The highest BCUT2D eigenvalue weighted by molar-refractivity contribution is 7.92. The van der Waals surface area contributed by atoms with Crippen molar-refractivity contribution in [2.75, 3.05) is 12.3 Å². The summed E-state index contributed by atoms with van der Waals surface area (Å²) in [5, 5.41) is 2.75. The molecule has 5 heteroatoms. The number of hydrogen-bond donors (Lipinski definition) is 1. The maximum absolute atomic E-state index is 12.0. The molecule has 0 amide bonds. The molecule has 18 heavy (non-hydrogen) atoms. The summed E-state index contributed by atoms with van der Waals surface area (Å²) in [4.78, 5) is 0. The highest BCUT2D eigenvalue weighted by atomic mass is 32.2. The molecule has 1 rings (SSSR count). The lowest BCUT2D eigenvalue weighted by Gasteiger charge is -2.14. The molecule has 1 aromatic rings. The highest BCUT2D eigenvalue weighted by Gasteiger charge is 2.20. The van der Waals surface area contributed by atoms with E-state index in [1.54, 1.807) is 13.2 Å². The van der Waals surface area contributed by atoms with Crippen LogP contribution < -0.4 is 5.32 Å². The van der Waals surface area contributed by atoms with Crippen LogP contribution in [0.3, 0.4) is 0 Å². The fourth-order valence-electron chi connectivity index (χ4n) is 1.54. The molecule has 0 radical (unpaired) electrons. The van der Waals surface area contributed by atoms with Gasteiger partial charge in [0.1, 0.15) is 5.76 Å². The van der Waals surface area contributed by atoms with Gasteiger partial charge in [-0.25, -0.2) is 8.42 Å². The van der Waals surface area contributed by atoms with Crippen LogP contribution in [0.5, 0.6) is 0 Å². The summed E-state index contributed by atoms with van der Waals surface area (Å²) >= 11 is 0. The molecule has 0 aromatic carbocycles. The van der Waals surface area contributed by atoms with Gasteiger partial charge in [0.25, 0.3) is 0 Å². The zero-order valence-electron chi connectivity index (χ0n) is 11.3. The van der Waals surface area contributed by atoms with Gasteiger partial charge in [0, 0.05) is 6.54 Å². The van der Waals surface area contributed by atoms with Gasteiger partial charge in [0.15, 0.2) is 9.84 Å². The van der Waals surface area contributed by atoms with Crippen molar-refractivity contribution in [2.24, 2.45) is 5.92 Å². The third-order valence-corrected chi connectivity index (χ3v) is 5.10. The Kier molecular flexibility index (Phi) is 5.88. The maximum Gasteiger partial charge on any atom is 0.154 e. The van der Waals surface area contributed by atoms with Gasteiger partial charge in [-0.05, 0) is 31.4 Å². The van der Waals surface area contributed by atoms with Gasteiger partial charge >= 0.3 is 0 Å². The first-order valence-electron chi connectivity index (χ1n) is 6.36. The Morgan fingerprint density at radius 3 is 2.61 bits per heavy atom. The molecule has 104 valence electrons. The van der Waals surface area contributed by atoms with Crippen molar-refractivity contribution >= 4 is 9.84 Å². The smallest absolute Gasteiger partial charge is 0.154 e. The monoisotopic (exact) mass is 273 g/mol. The summed E-state index contributed by atoms with van der Waals surface area (Å²) in [7, 11) is -2.99. The van der Waals surface area contributed by atoms with Crippen LogP contribution in [-0.2, 0) is 16.4 Å². The van der Waals surface area contributed by atoms with E-state index in [1.807, 2.05) is 26.0 Å². The zero-order chi connectivity index (χ0) is 13.6. The molecule has 0 bridgehead atoms. The van der Waals surface area contributed by atoms with Gasteiger partial charge in [-0.2, -0.15) is 0 Å². The quantitative estimate of drug-likeness (QED) is 0.789. The van der Waals surface area contributed by atoms with E-state index in [1.165, 1.54) is 0 Å². The van der Waals surface area contributed by atoms with Gasteiger partial charge in [-0.15, -0.1) is 0 Å². The Bertz CT molecular complexity index is 423. The molecule has 1 heterocycles. The molecule has 0 aliphatic carbocycles. The van der Waals surface area contributed by atoms with Crippen molar-refractivity contribution in [3.63, 3.8) is 0 Å². The fraction of sp³-hybridized carbons (Fsp3) is 0.692. The number of rotatable bonds is 8. The fourth-order valence-corrected chi connectivity index (χ4v) is 3.11. The second-order valence-electron chi connectivity index (χ2n) is 5.07. The molecular formula is C13H23NO3S. The maximum atomic E-state index is 12.0. The average Bonchev–Trinajstić information content (AvgIpc) is 2.79. The second-order valence-corrected chi connectivity index (χ2v) is 7.61. The van der Waals surface area contributed by atoms with Gasteiger partial charge in [0.2, 0.25) is 0 Å². The predicted octanol–water partition coefficient (Wildman–Crippen LogP) is 2.22. The Labute approximate surface area is 110 Å². The zero-order valence-corrected chi connectivity index (χ0v) is 12.2. The third kappa shape index (κ3) is 5.23. The van der Waals surface area contributed by atoms with Crippen molar-refractivity contribution in [1.82, 2.24) is 5.32 Å². The van der Waals surface area contributed by atoms with Crippen LogP contribution in [0, 0.1) is 5.92 Å². The molecule has 1 unspecified atom stereocenters. The minimum absolute atomic E-state index is 0.272. The van der Waals surface area contributed by atoms with Crippen molar-refractivity contribution in [2.45, 2.75) is 39.0 Å². The first-order valence-corrected chi connectivity index (χ1v) is 8.08. The van der Waals surface area contributed by atoms with E-state index < -0.39 is 9.84 Å². The molecule has 0 spiro atoms. The Hall–Kier alpha value is -0.810.